The molecular weight excluding hydrogens is 345 g/mol. The quantitative estimate of drug-likeness (QED) is 0.625. The molecule has 3 aromatic rings. The largest absolute Gasteiger partial charge is 0.440 e. The van der Waals surface area contributed by atoms with Crippen LogP contribution in [-0.2, 0) is 17.0 Å². The van der Waals surface area contributed by atoms with Gasteiger partial charge >= 0.3 is 0 Å². The molecule has 7 nitrogen and oxygen atoms in total. The first kappa shape index (κ1) is 16.2. The predicted octanol–water partition coefficient (Wildman–Crippen LogP) is 2.94. The van der Waals surface area contributed by atoms with Gasteiger partial charge in [-0.1, -0.05) is 11.8 Å². The Balaban J connectivity index is 1.39. The van der Waals surface area contributed by atoms with Crippen molar-refractivity contribution < 1.29 is 13.5 Å². The third kappa shape index (κ3) is 3.88. The average molecular weight is 361 g/mol. The lowest BCUT2D eigenvalue weighted by Crippen LogP contribution is -2.16. The lowest BCUT2D eigenvalue weighted by Gasteiger charge is -2.09. The van der Waals surface area contributed by atoms with Gasteiger partial charge in [0.2, 0.25) is 11.0 Å². The number of thioether (sulfide) groups is 1. The summed E-state index contributed by atoms with van der Waals surface area (Å²) in [6.45, 7) is 1.46. The molecule has 1 unspecified atom stereocenters. The molecule has 3 heterocycles. The van der Waals surface area contributed by atoms with Crippen LogP contribution in [0.4, 0.5) is 4.39 Å². The van der Waals surface area contributed by atoms with E-state index in [9.17, 15) is 4.39 Å². The highest BCUT2D eigenvalue weighted by Crippen LogP contribution is 2.25. The molecule has 1 saturated heterocycles. The molecule has 1 fully saturated rings. The summed E-state index contributed by atoms with van der Waals surface area (Å²) in [5.41, 5.74) is 0.786. The van der Waals surface area contributed by atoms with Gasteiger partial charge in [0.15, 0.2) is 5.76 Å². The number of benzene rings is 1. The Kier molecular flexibility index (Phi) is 4.75. The number of rotatable bonds is 6. The van der Waals surface area contributed by atoms with Crippen molar-refractivity contribution in [2.24, 2.45) is 0 Å². The van der Waals surface area contributed by atoms with Gasteiger partial charge in [-0.3, -0.25) is 0 Å². The Labute approximate surface area is 147 Å². The van der Waals surface area contributed by atoms with Crippen molar-refractivity contribution in [2.45, 2.75) is 36.4 Å². The van der Waals surface area contributed by atoms with E-state index in [2.05, 4.69) is 20.5 Å². The zero-order chi connectivity index (χ0) is 17.1. The van der Waals surface area contributed by atoms with Gasteiger partial charge in [0, 0.05) is 12.2 Å². The third-order valence-corrected chi connectivity index (χ3v) is 4.85. The van der Waals surface area contributed by atoms with E-state index in [-0.39, 0.29) is 11.9 Å². The van der Waals surface area contributed by atoms with Gasteiger partial charge < -0.3 is 9.15 Å². The fourth-order valence-corrected chi connectivity index (χ4v) is 3.39. The summed E-state index contributed by atoms with van der Waals surface area (Å²) in [7, 11) is 0. The first-order valence-corrected chi connectivity index (χ1v) is 8.98. The van der Waals surface area contributed by atoms with Crippen molar-refractivity contribution in [1.82, 2.24) is 25.2 Å². The summed E-state index contributed by atoms with van der Waals surface area (Å²) in [5, 5.41) is 12.5. The van der Waals surface area contributed by atoms with Gasteiger partial charge in [-0.15, -0.1) is 5.10 Å². The van der Waals surface area contributed by atoms with Gasteiger partial charge in [-0.05, 0) is 47.5 Å². The van der Waals surface area contributed by atoms with Gasteiger partial charge in [0.1, 0.15) is 5.82 Å². The number of ether oxygens (including phenoxy) is 1. The second-order valence-corrected chi connectivity index (χ2v) is 6.63. The predicted molar refractivity (Wildman–Crippen MR) is 88.2 cm³/mol. The molecule has 1 aliphatic rings. The minimum Gasteiger partial charge on any atom is -0.440 e. The van der Waals surface area contributed by atoms with Crippen molar-refractivity contribution in [3.8, 4) is 11.3 Å². The number of halogens is 1. The lowest BCUT2D eigenvalue weighted by molar-refractivity contribution is 0.0912. The SMILES string of the molecule is Fc1ccc(-c2cnc(CSc3nnnn3CC3CCCO3)o2)cc1. The molecule has 0 N–H and O–H groups in total. The van der Waals surface area contributed by atoms with Crippen LogP contribution >= 0.6 is 11.8 Å². The van der Waals surface area contributed by atoms with Crippen LogP contribution in [0.15, 0.2) is 40.0 Å². The van der Waals surface area contributed by atoms with E-state index in [1.807, 2.05) is 0 Å². The molecule has 9 heteroatoms. The molecule has 0 radical (unpaired) electrons. The van der Waals surface area contributed by atoms with E-state index in [0.717, 1.165) is 25.0 Å². The number of oxazole rings is 1. The van der Waals surface area contributed by atoms with Crippen molar-refractivity contribution in [1.29, 1.82) is 0 Å². The highest BCUT2D eigenvalue weighted by atomic mass is 32.2. The van der Waals surface area contributed by atoms with Gasteiger partial charge in [0.05, 0.1) is 24.6 Å². The first-order chi connectivity index (χ1) is 12.3. The molecule has 0 aliphatic carbocycles. The van der Waals surface area contributed by atoms with E-state index in [4.69, 9.17) is 9.15 Å². The van der Waals surface area contributed by atoms with E-state index in [0.29, 0.717) is 29.1 Å². The van der Waals surface area contributed by atoms with Crippen molar-refractivity contribution >= 4 is 11.8 Å². The molecule has 0 saturated carbocycles. The van der Waals surface area contributed by atoms with Gasteiger partial charge in [-0.25, -0.2) is 14.1 Å². The fourth-order valence-electron chi connectivity index (χ4n) is 2.65. The Bertz CT molecular complexity index is 829. The second-order valence-electron chi connectivity index (χ2n) is 5.69. The normalized spacial score (nSPS) is 17.2. The molecule has 1 aromatic carbocycles. The van der Waals surface area contributed by atoms with E-state index in [1.165, 1.54) is 23.9 Å². The second kappa shape index (κ2) is 7.32. The Morgan fingerprint density at radius 2 is 2.16 bits per heavy atom. The molecular formula is C16H16FN5O2S. The van der Waals surface area contributed by atoms with Crippen LogP contribution in [0.3, 0.4) is 0 Å². The molecule has 130 valence electrons. The fraction of sp³-hybridized carbons (Fsp3) is 0.375. The maximum atomic E-state index is 13.0. The summed E-state index contributed by atoms with van der Waals surface area (Å²) >= 11 is 1.46. The van der Waals surface area contributed by atoms with Crippen LogP contribution in [0.1, 0.15) is 18.7 Å². The van der Waals surface area contributed by atoms with E-state index in [1.54, 1.807) is 23.0 Å². The first-order valence-electron chi connectivity index (χ1n) is 7.99. The van der Waals surface area contributed by atoms with Crippen LogP contribution in [0.5, 0.6) is 0 Å². The number of nitrogens with zero attached hydrogens (tertiary/aromatic N) is 5. The Morgan fingerprint density at radius 1 is 1.28 bits per heavy atom. The highest BCUT2D eigenvalue weighted by molar-refractivity contribution is 7.98. The standard InChI is InChI=1S/C16H16FN5O2S/c17-12-5-3-11(4-6-12)14-8-18-15(24-14)10-25-16-19-20-21-22(16)9-13-2-1-7-23-13/h3-6,8,13H,1-2,7,9-10H2. The third-order valence-electron chi connectivity index (χ3n) is 3.91. The summed E-state index contributed by atoms with van der Waals surface area (Å²) < 4.78 is 26.1. The van der Waals surface area contributed by atoms with Crippen LogP contribution in [-0.4, -0.2) is 37.9 Å². The lowest BCUT2D eigenvalue weighted by atomic mass is 10.2. The van der Waals surface area contributed by atoms with E-state index < -0.39 is 0 Å². The molecule has 0 spiro atoms. The van der Waals surface area contributed by atoms with Crippen LogP contribution in [0, 0.1) is 5.82 Å². The van der Waals surface area contributed by atoms with Crippen LogP contribution in [0.25, 0.3) is 11.3 Å². The van der Waals surface area contributed by atoms with Crippen molar-refractivity contribution in [3.63, 3.8) is 0 Å². The van der Waals surface area contributed by atoms with Crippen LogP contribution in [0.2, 0.25) is 0 Å². The summed E-state index contributed by atoms with van der Waals surface area (Å²) in [5.74, 6) is 1.40. The molecule has 1 atom stereocenters. The molecule has 1 aliphatic heterocycles. The average Bonchev–Trinajstić information content (AvgIpc) is 3.36. The summed E-state index contributed by atoms with van der Waals surface area (Å²) in [6.07, 6.45) is 3.93. The van der Waals surface area contributed by atoms with Gasteiger partial charge in [0.25, 0.3) is 0 Å². The molecule has 0 amide bonds. The minimum atomic E-state index is -0.280. The Morgan fingerprint density at radius 3 is 2.96 bits per heavy atom. The summed E-state index contributed by atoms with van der Waals surface area (Å²) in [4.78, 5) is 4.26. The maximum Gasteiger partial charge on any atom is 0.209 e. The van der Waals surface area contributed by atoms with Crippen LogP contribution < -0.4 is 0 Å². The Hall–Kier alpha value is -2.26. The topological polar surface area (TPSA) is 78.9 Å². The molecule has 0 bridgehead atoms. The zero-order valence-corrected chi connectivity index (χ0v) is 14.2. The van der Waals surface area contributed by atoms with Crippen molar-refractivity contribution in [2.75, 3.05) is 6.61 Å². The minimum absolute atomic E-state index is 0.176. The number of hydrogen-bond donors (Lipinski definition) is 0. The van der Waals surface area contributed by atoms with Gasteiger partial charge in [-0.2, -0.15) is 0 Å². The molecule has 4 rings (SSSR count). The zero-order valence-electron chi connectivity index (χ0n) is 13.3. The van der Waals surface area contributed by atoms with Crippen molar-refractivity contribution in [3.05, 3.63) is 42.2 Å². The highest BCUT2D eigenvalue weighted by Gasteiger charge is 2.19. The summed E-state index contributed by atoms with van der Waals surface area (Å²) in [6, 6.07) is 6.11. The monoisotopic (exact) mass is 361 g/mol. The van der Waals surface area contributed by atoms with E-state index >= 15 is 0 Å². The number of hydrogen-bond acceptors (Lipinski definition) is 7. The number of aromatic nitrogens is 5. The molecule has 25 heavy (non-hydrogen) atoms. The maximum absolute atomic E-state index is 13.0. The smallest absolute Gasteiger partial charge is 0.209 e. The number of tetrazole rings is 1. The molecule has 2 aromatic heterocycles.